The molecule has 1 amide bonds. The third kappa shape index (κ3) is 3.47. The second-order valence-corrected chi connectivity index (χ2v) is 5.15. The van der Waals surface area contributed by atoms with Crippen molar-refractivity contribution in [2.24, 2.45) is 0 Å². The molecule has 0 fully saturated rings. The number of nitrogens with one attached hydrogen (secondary N) is 3. The van der Waals surface area contributed by atoms with Crippen LogP contribution in [0.5, 0.6) is 0 Å². The van der Waals surface area contributed by atoms with E-state index in [0.29, 0.717) is 5.56 Å². The van der Waals surface area contributed by atoms with Crippen molar-refractivity contribution in [3.63, 3.8) is 0 Å². The van der Waals surface area contributed by atoms with Gasteiger partial charge in [-0.1, -0.05) is 0 Å². The maximum Gasteiger partial charge on any atom is 0.335 e. The minimum absolute atomic E-state index is 0.0866. The number of carbonyl (C=O) groups excluding carboxylic acids is 1. The lowest BCUT2D eigenvalue weighted by atomic mass is 10.2. The van der Waals surface area contributed by atoms with Gasteiger partial charge in [0.25, 0.3) is 5.91 Å². The molecule has 0 atom stereocenters. The molecule has 0 unspecified atom stereocenters. The lowest BCUT2D eigenvalue weighted by Crippen LogP contribution is -2.17. The molecule has 0 saturated heterocycles. The monoisotopic (exact) mass is 337 g/mol. The van der Waals surface area contributed by atoms with Crippen molar-refractivity contribution < 1.29 is 14.7 Å². The Labute approximate surface area is 141 Å². The molecule has 4 aromatic rings. The minimum Gasteiger partial charge on any atom is -0.478 e. The van der Waals surface area contributed by atoms with Crippen LogP contribution in [0.15, 0.2) is 49.1 Å². The first-order chi connectivity index (χ1) is 12.1. The van der Waals surface area contributed by atoms with Gasteiger partial charge in [-0.2, -0.15) is 0 Å². The Morgan fingerprint density at radius 2 is 1.44 bits per heavy atom. The van der Waals surface area contributed by atoms with Gasteiger partial charge in [0.2, 0.25) is 0 Å². The largest absolute Gasteiger partial charge is 0.478 e. The van der Waals surface area contributed by atoms with Crippen molar-refractivity contribution in [3.8, 4) is 0 Å². The van der Waals surface area contributed by atoms with Crippen LogP contribution in [0.4, 0.5) is 0 Å². The summed E-state index contributed by atoms with van der Waals surface area (Å²) in [5.74, 6) is -1.01. The van der Waals surface area contributed by atoms with Crippen molar-refractivity contribution in [1.29, 1.82) is 0 Å². The van der Waals surface area contributed by atoms with Gasteiger partial charge in [-0.15, -0.1) is 0 Å². The predicted molar refractivity (Wildman–Crippen MR) is 92.5 cm³/mol. The van der Waals surface area contributed by atoms with Crippen LogP contribution in [0.1, 0.15) is 20.7 Å². The van der Waals surface area contributed by atoms with Crippen LogP contribution in [0.2, 0.25) is 0 Å². The molecule has 4 rings (SSSR count). The number of carbonyl (C=O) groups is 2. The van der Waals surface area contributed by atoms with Gasteiger partial charge in [0.1, 0.15) is 0 Å². The molecule has 2 aromatic carbocycles. The van der Waals surface area contributed by atoms with Crippen LogP contribution < -0.4 is 5.32 Å². The maximum atomic E-state index is 11.2. The third-order valence-corrected chi connectivity index (χ3v) is 3.58. The number of aromatic nitrogens is 4. The number of imidazole rings is 2. The summed E-state index contributed by atoms with van der Waals surface area (Å²) in [7, 11) is 1.61. The highest BCUT2D eigenvalue weighted by atomic mass is 16.4. The molecule has 0 saturated carbocycles. The summed E-state index contributed by atoms with van der Waals surface area (Å²) >= 11 is 0. The Balaban J connectivity index is 0.000000146. The number of H-pyrrole nitrogens is 2. The third-order valence-electron chi connectivity index (χ3n) is 3.58. The van der Waals surface area contributed by atoms with Crippen molar-refractivity contribution in [2.75, 3.05) is 7.05 Å². The van der Waals surface area contributed by atoms with E-state index < -0.39 is 5.97 Å². The standard InChI is InChI=1S/C9H9N3O.C8H6N2O2/c1-10-9(13)6-2-3-7-8(4-6)12-5-11-7;11-8(12)5-1-2-6-7(3-5)10-4-9-6/h2-5H,1H3,(H,10,13)(H,11,12);1-4H,(H,9,10)(H,11,12). The smallest absolute Gasteiger partial charge is 0.335 e. The van der Waals surface area contributed by atoms with E-state index in [4.69, 9.17) is 5.11 Å². The van der Waals surface area contributed by atoms with Crippen molar-refractivity contribution in [3.05, 3.63) is 60.2 Å². The number of amides is 1. The first-order valence-corrected chi connectivity index (χ1v) is 7.40. The summed E-state index contributed by atoms with van der Waals surface area (Å²) in [4.78, 5) is 35.6. The fourth-order valence-electron chi connectivity index (χ4n) is 2.29. The minimum atomic E-state index is -0.925. The van der Waals surface area contributed by atoms with Crippen LogP contribution in [-0.4, -0.2) is 44.0 Å². The van der Waals surface area contributed by atoms with E-state index >= 15 is 0 Å². The number of carboxylic acids is 1. The quantitative estimate of drug-likeness (QED) is 0.446. The van der Waals surface area contributed by atoms with Crippen molar-refractivity contribution >= 4 is 33.9 Å². The van der Waals surface area contributed by atoms with E-state index in [2.05, 4.69) is 25.3 Å². The maximum absolute atomic E-state index is 11.2. The summed E-state index contributed by atoms with van der Waals surface area (Å²) in [5.41, 5.74) is 4.18. The van der Waals surface area contributed by atoms with Crippen LogP contribution in [-0.2, 0) is 0 Å². The van der Waals surface area contributed by atoms with Crippen molar-refractivity contribution in [2.45, 2.75) is 0 Å². The van der Waals surface area contributed by atoms with E-state index in [9.17, 15) is 9.59 Å². The number of hydrogen-bond acceptors (Lipinski definition) is 4. The Hall–Kier alpha value is -3.68. The molecule has 0 bridgehead atoms. The van der Waals surface area contributed by atoms with Gasteiger partial charge in [0, 0.05) is 12.6 Å². The molecule has 8 nitrogen and oxygen atoms in total. The topological polar surface area (TPSA) is 124 Å². The highest BCUT2D eigenvalue weighted by Crippen LogP contribution is 2.11. The number of hydrogen-bond donors (Lipinski definition) is 4. The van der Waals surface area contributed by atoms with Crippen molar-refractivity contribution in [1.82, 2.24) is 25.3 Å². The summed E-state index contributed by atoms with van der Waals surface area (Å²) in [6, 6.07) is 10.1. The molecule has 0 aliphatic carbocycles. The van der Waals surface area contributed by atoms with E-state index in [1.807, 2.05) is 6.07 Å². The molecule has 25 heavy (non-hydrogen) atoms. The van der Waals surface area contributed by atoms with Gasteiger partial charge in [-0.05, 0) is 36.4 Å². The predicted octanol–water partition coefficient (Wildman–Crippen LogP) is 2.18. The zero-order valence-electron chi connectivity index (χ0n) is 13.3. The van der Waals surface area contributed by atoms with Gasteiger partial charge in [0.05, 0.1) is 40.3 Å². The van der Waals surface area contributed by atoms with Crippen LogP contribution in [0.3, 0.4) is 0 Å². The molecule has 0 radical (unpaired) electrons. The highest BCUT2D eigenvalue weighted by molar-refractivity contribution is 5.97. The highest BCUT2D eigenvalue weighted by Gasteiger charge is 2.04. The zero-order chi connectivity index (χ0) is 17.8. The Morgan fingerprint density at radius 3 is 1.96 bits per heavy atom. The first kappa shape index (κ1) is 16.2. The van der Waals surface area contributed by atoms with Gasteiger partial charge >= 0.3 is 5.97 Å². The fraction of sp³-hybridized carbons (Fsp3) is 0.0588. The lowest BCUT2D eigenvalue weighted by Gasteiger charge is -1.98. The van der Waals surface area contributed by atoms with Crippen LogP contribution >= 0.6 is 0 Å². The van der Waals surface area contributed by atoms with E-state index in [-0.39, 0.29) is 11.5 Å². The lowest BCUT2D eigenvalue weighted by molar-refractivity contribution is 0.0696. The molecule has 0 aliphatic heterocycles. The first-order valence-electron chi connectivity index (χ1n) is 7.40. The second kappa shape index (κ2) is 6.83. The van der Waals surface area contributed by atoms with Crippen LogP contribution in [0.25, 0.3) is 22.1 Å². The second-order valence-electron chi connectivity index (χ2n) is 5.15. The molecular formula is C17H15N5O3. The molecule has 126 valence electrons. The Bertz CT molecular complexity index is 1050. The van der Waals surface area contributed by atoms with Gasteiger partial charge in [-0.3, -0.25) is 4.79 Å². The number of aromatic carboxylic acids is 1. The van der Waals surface area contributed by atoms with Gasteiger partial charge in [-0.25, -0.2) is 14.8 Å². The Kier molecular flexibility index (Phi) is 4.42. The molecule has 0 spiro atoms. The van der Waals surface area contributed by atoms with Crippen LogP contribution in [0, 0.1) is 0 Å². The number of carboxylic acid groups (broad SMARTS) is 1. The normalized spacial score (nSPS) is 10.3. The average Bonchev–Trinajstić information content (AvgIpc) is 3.28. The number of rotatable bonds is 2. The van der Waals surface area contributed by atoms with Gasteiger partial charge < -0.3 is 20.4 Å². The molecular weight excluding hydrogens is 322 g/mol. The molecule has 0 aliphatic rings. The van der Waals surface area contributed by atoms with Gasteiger partial charge in [0.15, 0.2) is 0 Å². The SMILES string of the molecule is CNC(=O)c1ccc2nc[nH]c2c1.O=C(O)c1ccc2nc[nH]c2c1. The molecule has 2 aromatic heterocycles. The molecule has 2 heterocycles. The summed E-state index contributed by atoms with van der Waals surface area (Å²) in [6.07, 6.45) is 3.15. The number of benzene rings is 2. The summed E-state index contributed by atoms with van der Waals surface area (Å²) < 4.78 is 0. The number of aromatic amines is 2. The molecule has 4 N–H and O–H groups in total. The average molecular weight is 337 g/mol. The number of nitrogens with zero attached hydrogens (tertiary/aromatic N) is 2. The number of fused-ring (bicyclic) bond motifs is 2. The molecule has 8 heteroatoms. The van der Waals surface area contributed by atoms with E-state index in [1.165, 1.54) is 12.4 Å². The fourth-order valence-corrected chi connectivity index (χ4v) is 2.29. The Morgan fingerprint density at radius 1 is 0.920 bits per heavy atom. The van der Waals surface area contributed by atoms with E-state index in [0.717, 1.165) is 22.1 Å². The summed E-state index contributed by atoms with van der Waals surface area (Å²) in [6.45, 7) is 0. The summed E-state index contributed by atoms with van der Waals surface area (Å²) in [5, 5.41) is 11.2. The van der Waals surface area contributed by atoms with E-state index in [1.54, 1.807) is 37.6 Å². The zero-order valence-corrected chi connectivity index (χ0v) is 13.3.